The Balaban J connectivity index is 1.72. The number of benzene rings is 3. The summed E-state index contributed by atoms with van der Waals surface area (Å²) in [6, 6.07) is 29.1. The maximum Gasteiger partial charge on any atom is 0.221 e. The Hall–Kier alpha value is -2.87. The molecule has 3 aromatic rings. The smallest absolute Gasteiger partial charge is 0.221 e. The fourth-order valence-corrected chi connectivity index (χ4v) is 3.64. The molecular formula is C27H31NO. The van der Waals surface area contributed by atoms with Crippen molar-refractivity contribution in [2.45, 2.75) is 51.5 Å². The molecule has 0 spiro atoms. The summed E-state index contributed by atoms with van der Waals surface area (Å²) >= 11 is 0. The highest BCUT2D eigenvalue weighted by molar-refractivity contribution is 5.78. The van der Waals surface area contributed by atoms with Crippen molar-refractivity contribution in [3.63, 3.8) is 0 Å². The second-order valence-electron chi connectivity index (χ2n) is 8.74. The lowest BCUT2D eigenvalue weighted by molar-refractivity contribution is -0.121. The molecule has 0 heterocycles. The van der Waals surface area contributed by atoms with E-state index in [2.05, 4.69) is 74.6 Å². The molecule has 0 saturated carbocycles. The molecule has 0 unspecified atom stereocenters. The molecule has 0 bridgehead atoms. The molecule has 0 aliphatic heterocycles. The number of hydrogen-bond acceptors (Lipinski definition) is 1. The third-order valence-electron chi connectivity index (χ3n) is 5.45. The van der Waals surface area contributed by atoms with Crippen molar-refractivity contribution in [2.75, 3.05) is 0 Å². The first-order chi connectivity index (χ1) is 13.8. The van der Waals surface area contributed by atoms with E-state index in [1.165, 1.54) is 5.56 Å². The molecule has 150 valence electrons. The van der Waals surface area contributed by atoms with E-state index in [9.17, 15) is 4.79 Å². The van der Waals surface area contributed by atoms with Gasteiger partial charge in [0.1, 0.15) is 0 Å². The summed E-state index contributed by atoms with van der Waals surface area (Å²) in [5.41, 5.74) is 4.88. The average Bonchev–Trinajstić information content (AvgIpc) is 2.73. The number of nitrogens with one attached hydrogen (secondary N) is 1. The second kappa shape index (κ2) is 9.09. The maximum absolute atomic E-state index is 12.9. The van der Waals surface area contributed by atoms with Gasteiger partial charge in [-0.05, 0) is 34.6 Å². The van der Waals surface area contributed by atoms with Gasteiger partial charge in [-0.15, -0.1) is 0 Å². The minimum absolute atomic E-state index is 0.0243. The molecule has 0 saturated heterocycles. The Labute approximate surface area is 175 Å². The Bertz CT molecular complexity index is 869. The predicted octanol–water partition coefficient (Wildman–Crippen LogP) is 6.38. The van der Waals surface area contributed by atoms with Gasteiger partial charge in [0.05, 0.1) is 6.04 Å². The van der Waals surface area contributed by atoms with E-state index in [-0.39, 0.29) is 23.3 Å². The number of hydrogen-bond donors (Lipinski definition) is 1. The Morgan fingerprint density at radius 3 is 1.69 bits per heavy atom. The van der Waals surface area contributed by atoms with Crippen LogP contribution in [0.25, 0.3) is 0 Å². The molecule has 3 rings (SSSR count). The third kappa shape index (κ3) is 5.57. The van der Waals surface area contributed by atoms with Crippen LogP contribution < -0.4 is 5.32 Å². The van der Waals surface area contributed by atoms with Crippen molar-refractivity contribution < 1.29 is 4.79 Å². The summed E-state index contributed by atoms with van der Waals surface area (Å²) in [4.78, 5) is 12.9. The first-order valence-corrected chi connectivity index (χ1v) is 10.3. The van der Waals surface area contributed by atoms with Gasteiger partial charge >= 0.3 is 0 Å². The zero-order valence-corrected chi connectivity index (χ0v) is 17.9. The summed E-state index contributed by atoms with van der Waals surface area (Å²) < 4.78 is 0. The average molecular weight is 386 g/mol. The summed E-state index contributed by atoms with van der Waals surface area (Å²) in [5, 5.41) is 3.19. The highest BCUT2D eigenvalue weighted by Crippen LogP contribution is 2.28. The normalized spacial score (nSPS) is 12.6. The van der Waals surface area contributed by atoms with Gasteiger partial charge in [-0.25, -0.2) is 0 Å². The summed E-state index contributed by atoms with van der Waals surface area (Å²) in [7, 11) is 0. The maximum atomic E-state index is 12.9. The van der Waals surface area contributed by atoms with Gasteiger partial charge in [-0.1, -0.05) is 106 Å². The molecule has 3 aromatic carbocycles. The Morgan fingerprint density at radius 2 is 1.24 bits per heavy atom. The Kier molecular flexibility index (Phi) is 6.53. The monoisotopic (exact) mass is 385 g/mol. The molecule has 29 heavy (non-hydrogen) atoms. The minimum atomic E-state index is -0.0243. The topological polar surface area (TPSA) is 29.1 Å². The van der Waals surface area contributed by atoms with Gasteiger partial charge in [-0.3, -0.25) is 4.79 Å². The van der Waals surface area contributed by atoms with Crippen molar-refractivity contribution in [3.8, 4) is 0 Å². The molecule has 2 heteroatoms. The largest absolute Gasteiger partial charge is 0.350 e. The zero-order valence-electron chi connectivity index (χ0n) is 17.9. The van der Waals surface area contributed by atoms with Gasteiger partial charge in [-0.2, -0.15) is 0 Å². The molecule has 1 N–H and O–H groups in total. The standard InChI is InChI=1S/C27H31NO/c1-20(21-15-17-24(18-16-21)27(2,3)4)28-26(29)19-25(22-11-7-5-8-12-22)23-13-9-6-10-14-23/h5-18,20,25H,19H2,1-4H3,(H,28,29)/t20-/m1/s1. The zero-order chi connectivity index (χ0) is 20.9. The molecule has 0 fully saturated rings. The summed E-state index contributed by atoms with van der Waals surface area (Å²) in [6.07, 6.45) is 0.429. The summed E-state index contributed by atoms with van der Waals surface area (Å²) in [6.45, 7) is 8.67. The molecule has 1 atom stereocenters. The van der Waals surface area contributed by atoms with Gasteiger partial charge < -0.3 is 5.32 Å². The minimum Gasteiger partial charge on any atom is -0.350 e. The van der Waals surface area contributed by atoms with Crippen LogP contribution in [0.2, 0.25) is 0 Å². The highest BCUT2D eigenvalue weighted by Gasteiger charge is 2.20. The van der Waals surface area contributed by atoms with E-state index in [1.807, 2.05) is 43.3 Å². The van der Waals surface area contributed by atoms with Crippen LogP contribution in [0.3, 0.4) is 0 Å². The lowest BCUT2D eigenvalue weighted by Gasteiger charge is -2.22. The van der Waals surface area contributed by atoms with E-state index in [0.717, 1.165) is 16.7 Å². The van der Waals surface area contributed by atoms with Crippen molar-refractivity contribution in [1.29, 1.82) is 0 Å². The fraction of sp³-hybridized carbons (Fsp3) is 0.296. The lowest BCUT2D eigenvalue weighted by atomic mass is 9.86. The molecule has 2 nitrogen and oxygen atoms in total. The number of carbonyl (C=O) groups excluding carboxylic acids is 1. The van der Waals surface area contributed by atoms with Crippen LogP contribution in [0.4, 0.5) is 0 Å². The van der Waals surface area contributed by atoms with Crippen molar-refractivity contribution in [2.24, 2.45) is 0 Å². The molecule has 1 amide bonds. The number of amides is 1. The van der Waals surface area contributed by atoms with Crippen LogP contribution in [0, 0.1) is 0 Å². The highest BCUT2D eigenvalue weighted by atomic mass is 16.1. The van der Waals surface area contributed by atoms with Crippen molar-refractivity contribution in [1.82, 2.24) is 5.32 Å². The fourth-order valence-electron chi connectivity index (χ4n) is 3.64. The van der Waals surface area contributed by atoms with Crippen molar-refractivity contribution in [3.05, 3.63) is 107 Å². The molecule has 0 radical (unpaired) electrons. The quantitative estimate of drug-likeness (QED) is 0.524. The van der Waals surface area contributed by atoms with Gasteiger partial charge in [0.15, 0.2) is 0 Å². The molecule has 0 aromatic heterocycles. The first kappa shape index (κ1) is 20.9. The molecule has 0 aliphatic carbocycles. The third-order valence-corrected chi connectivity index (χ3v) is 5.45. The first-order valence-electron chi connectivity index (χ1n) is 10.3. The van der Waals surface area contributed by atoms with E-state index in [4.69, 9.17) is 0 Å². The van der Waals surface area contributed by atoms with Gasteiger partial charge in [0.25, 0.3) is 0 Å². The van der Waals surface area contributed by atoms with Crippen LogP contribution in [-0.2, 0) is 10.2 Å². The number of carbonyl (C=O) groups is 1. The van der Waals surface area contributed by atoms with Crippen LogP contribution in [-0.4, -0.2) is 5.91 Å². The second-order valence-corrected chi connectivity index (χ2v) is 8.74. The summed E-state index contributed by atoms with van der Waals surface area (Å²) in [5.74, 6) is 0.114. The molecular weight excluding hydrogens is 354 g/mol. The Morgan fingerprint density at radius 1 is 0.759 bits per heavy atom. The van der Waals surface area contributed by atoms with Crippen LogP contribution in [0.1, 0.15) is 68.3 Å². The van der Waals surface area contributed by atoms with Crippen molar-refractivity contribution >= 4 is 5.91 Å². The van der Waals surface area contributed by atoms with E-state index >= 15 is 0 Å². The van der Waals surface area contributed by atoms with Crippen LogP contribution >= 0.6 is 0 Å². The van der Waals surface area contributed by atoms with E-state index in [1.54, 1.807) is 0 Å². The lowest BCUT2D eigenvalue weighted by Crippen LogP contribution is -2.28. The van der Waals surface area contributed by atoms with Gasteiger partial charge in [0.2, 0.25) is 5.91 Å². The number of rotatable bonds is 6. The van der Waals surface area contributed by atoms with E-state index in [0.29, 0.717) is 6.42 Å². The van der Waals surface area contributed by atoms with Gasteiger partial charge in [0, 0.05) is 12.3 Å². The molecule has 0 aliphatic rings. The SMILES string of the molecule is C[C@@H](NC(=O)CC(c1ccccc1)c1ccccc1)c1ccc(C(C)(C)C)cc1. The van der Waals surface area contributed by atoms with E-state index < -0.39 is 0 Å². The predicted molar refractivity (Wildman–Crippen MR) is 121 cm³/mol. The van der Waals surface area contributed by atoms with Crippen LogP contribution in [0.15, 0.2) is 84.9 Å². The van der Waals surface area contributed by atoms with Crippen LogP contribution in [0.5, 0.6) is 0 Å².